The summed E-state index contributed by atoms with van der Waals surface area (Å²) >= 11 is 0. The van der Waals surface area contributed by atoms with E-state index in [0.29, 0.717) is 23.6 Å². The van der Waals surface area contributed by atoms with E-state index < -0.39 is 0 Å². The molecule has 1 unspecified atom stereocenters. The third-order valence-corrected chi connectivity index (χ3v) is 5.53. The van der Waals surface area contributed by atoms with Crippen molar-refractivity contribution in [1.29, 1.82) is 0 Å². The molecule has 0 saturated carbocycles. The van der Waals surface area contributed by atoms with Crippen LogP contribution in [0, 0.1) is 6.92 Å². The van der Waals surface area contributed by atoms with Crippen molar-refractivity contribution in [2.75, 3.05) is 27.7 Å². The Labute approximate surface area is 193 Å². The highest BCUT2D eigenvalue weighted by atomic mass is 16.5. The van der Waals surface area contributed by atoms with Crippen LogP contribution in [0.1, 0.15) is 27.7 Å². The number of benzene rings is 2. The number of hydrogen-bond donors (Lipinski definition) is 1. The van der Waals surface area contributed by atoms with Crippen molar-refractivity contribution in [1.82, 2.24) is 20.0 Å². The number of aromatic nitrogens is 2. The molecule has 170 valence electrons. The summed E-state index contributed by atoms with van der Waals surface area (Å²) in [6, 6.07) is 21.2. The molecule has 4 aromatic rings. The average molecular weight is 445 g/mol. The van der Waals surface area contributed by atoms with Crippen LogP contribution in [0.2, 0.25) is 0 Å². The minimum absolute atomic E-state index is 0.0661. The van der Waals surface area contributed by atoms with E-state index in [0.717, 1.165) is 22.8 Å². The fourth-order valence-electron chi connectivity index (χ4n) is 3.79. The first-order valence-corrected chi connectivity index (χ1v) is 10.8. The van der Waals surface area contributed by atoms with Gasteiger partial charge in [-0.1, -0.05) is 36.4 Å². The van der Waals surface area contributed by atoms with Crippen LogP contribution >= 0.6 is 0 Å². The third kappa shape index (κ3) is 4.83. The van der Waals surface area contributed by atoms with Crippen molar-refractivity contribution in [2.24, 2.45) is 0 Å². The van der Waals surface area contributed by atoms with Gasteiger partial charge in [0.1, 0.15) is 17.2 Å². The molecule has 7 nitrogen and oxygen atoms in total. The quantitative estimate of drug-likeness (QED) is 0.434. The molecule has 0 saturated heterocycles. The second-order valence-electron chi connectivity index (χ2n) is 8.01. The maximum atomic E-state index is 13.3. The number of nitrogens with one attached hydrogen (secondary N) is 1. The van der Waals surface area contributed by atoms with E-state index in [1.165, 1.54) is 0 Å². The number of likely N-dealkylation sites (N-methyl/N-ethyl adjacent to an activating group) is 1. The Bertz CT molecular complexity index is 1230. The molecule has 0 radical (unpaired) electrons. The maximum absolute atomic E-state index is 13.3. The van der Waals surface area contributed by atoms with Crippen molar-refractivity contribution in [3.8, 4) is 22.9 Å². The smallest absolute Gasteiger partial charge is 0.255 e. The zero-order valence-corrected chi connectivity index (χ0v) is 19.3. The number of aryl methyl sites for hydroxylation is 1. The number of amides is 1. The predicted molar refractivity (Wildman–Crippen MR) is 128 cm³/mol. The van der Waals surface area contributed by atoms with Gasteiger partial charge in [-0.3, -0.25) is 4.79 Å². The molecule has 0 aliphatic heterocycles. The lowest BCUT2D eigenvalue weighted by atomic mass is 10.0. The molecule has 1 N–H and O–H groups in total. The molecule has 7 heteroatoms. The average Bonchev–Trinajstić information content (AvgIpc) is 3.46. The summed E-state index contributed by atoms with van der Waals surface area (Å²) in [6.45, 7) is 2.27. The van der Waals surface area contributed by atoms with Crippen molar-refractivity contribution in [2.45, 2.75) is 13.0 Å². The topological polar surface area (TPSA) is 72.5 Å². The summed E-state index contributed by atoms with van der Waals surface area (Å²) in [4.78, 5) is 15.4. The van der Waals surface area contributed by atoms with Crippen LogP contribution in [0.4, 0.5) is 0 Å². The summed E-state index contributed by atoms with van der Waals surface area (Å²) < 4.78 is 13.0. The van der Waals surface area contributed by atoms with Crippen molar-refractivity contribution < 1.29 is 13.9 Å². The van der Waals surface area contributed by atoms with Gasteiger partial charge in [-0.25, -0.2) is 4.68 Å². The van der Waals surface area contributed by atoms with Crippen molar-refractivity contribution in [3.05, 3.63) is 89.8 Å². The van der Waals surface area contributed by atoms with E-state index in [1.807, 2.05) is 87.7 Å². The molecule has 2 aromatic heterocycles. The van der Waals surface area contributed by atoms with Crippen LogP contribution in [-0.2, 0) is 0 Å². The fraction of sp³-hybridized carbons (Fsp3) is 0.231. The van der Waals surface area contributed by atoms with Gasteiger partial charge in [0.05, 0.1) is 24.4 Å². The number of hydrogen-bond acceptors (Lipinski definition) is 5. The number of rotatable bonds is 8. The summed E-state index contributed by atoms with van der Waals surface area (Å²) in [5.74, 6) is 1.88. The lowest BCUT2D eigenvalue weighted by Gasteiger charge is -2.26. The van der Waals surface area contributed by atoms with Gasteiger partial charge in [-0.2, -0.15) is 5.10 Å². The Morgan fingerprint density at radius 2 is 1.82 bits per heavy atom. The lowest BCUT2D eigenvalue weighted by molar-refractivity contribution is 0.0942. The number of carbonyl (C=O) groups is 1. The number of ether oxygens (including phenoxy) is 1. The Morgan fingerprint density at radius 3 is 2.48 bits per heavy atom. The second-order valence-corrected chi connectivity index (χ2v) is 8.01. The molecule has 0 aliphatic rings. The van der Waals surface area contributed by atoms with Gasteiger partial charge in [0, 0.05) is 18.3 Å². The molecule has 1 amide bonds. The van der Waals surface area contributed by atoms with E-state index in [4.69, 9.17) is 9.15 Å². The number of methoxy groups -OCH3 is 1. The molecular weight excluding hydrogens is 416 g/mol. The monoisotopic (exact) mass is 444 g/mol. The van der Waals surface area contributed by atoms with E-state index in [-0.39, 0.29) is 11.9 Å². The Balaban J connectivity index is 1.63. The molecular formula is C26H28N4O3. The van der Waals surface area contributed by atoms with E-state index in [9.17, 15) is 4.79 Å². The highest BCUT2D eigenvalue weighted by molar-refractivity contribution is 5.99. The highest BCUT2D eigenvalue weighted by Gasteiger charge is 2.24. The van der Waals surface area contributed by atoms with Crippen LogP contribution in [0.5, 0.6) is 5.75 Å². The van der Waals surface area contributed by atoms with Gasteiger partial charge in [0.2, 0.25) is 0 Å². The Morgan fingerprint density at radius 1 is 1.09 bits per heavy atom. The van der Waals surface area contributed by atoms with Gasteiger partial charge in [-0.15, -0.1) is 0 Å². The van der Waals surface area contributed by atoms with Crippen LogP contribution < -0.4 is 10.1 Å². The third-order valence-electron chi connectivity index (χ3n) is 5.53. The van der Waals surface area contributed by atoms with Gasteiger partial charge in [0.15, 0.2) is 5.76 Å². The molecule has 2 heterocycles. The number of furan rings is 1. The minimum Gasteiger partial charge on any atom is -0.496 e. The normalized spacial score (nSPS) is 12.0. The van der Waals surface area contributed by atoms with Crippen LogP contribution in [-0.4, -0.2) is 48.3 Å². The Kier molecular flexibility index (Phi) is 6.60. The van der Waals surface area contributed by atoms with Gasteiger partial charge < -0.3 is 19.4 Å². The summed E-state index contributed by atoms with van der Waals surface area (Å²) in [6.07, 6.45) is 1.74. The first-order valence-electron chi connectivity index (χ1n) is 10.8. The largest absolute Gasteiger partial charge is 0.496 e. The van der Waals surface area contributed by atoms with Crippen LogP contribution in [0.25, 0.3) is 17.1 Å². The number of carbonyl (C=O) groups excluding carboxylic acids is 1. The second kappa shape index (κ2) is 9.75. The fourth-order valence-corrected chi connectivity index (χ4v) is 3.79. The van der Waals surface area contributed by atoms with E-state index in [1.54, 1.807) is 18.0 Å². The summed E-state index contributed by atoms with van der Waals surface area (Å²) in [7, 11) is 5.61. The zero-order valence-electron chi connectivity index (χ0n) is 19.3. The molecule has 1 atom stereocenters. The molecule has 33 heavy (non-hydrogen) atoms. The molecule has 0 spiro atoms. The SMILES string of the molecule is COc1ccccc1C(CNC(=O)c1cn(-c2ccccc2)nc1-c1ccc(C)o1)N(C)C. The lowest BCUT2D eigenvalue weighted by Crippen LogP contribution is -2.34. The summed E-state index contributed by atoms with van der Waals surface area (Å²) in [5, 5.41) is 7.75. The first kappa shape index (κ1) is 22.4. The molecule has 0 fully saturated rings. The number of para-hydroxylation sites is 2. The first-order chi connectivity index (χ1) is 16.0. The molecule has 0 aliphatic carbocycles. The molecule has 0 bridgehead atoms. The van der Waals surface area contributed by atoms with Crippen molar-refractivity contribution >= 4 is 5.91 Å². The molecule has 2 aromatic carbocycles. The van der Waals surface area contributed by atoms with Gasteiger partial charge in [-0.05, 0) is 51.4 Å². The van der Waals surface area contributed by atoms with Gasteiger partial charge in [0.25, 0.3) is 5.91 Å². The highest BCUT2D eigenvalue weighted by Crippen LogP contribution is 2.29. The summed E-state index contributed by atoms with van der Waals surface area (Å²) in [5.41, 5.74) is 2.82. The van der Waals surface area contributed by atoms with Crippen LogP contribution in [0.15, 0.2) is 77.3 Å². The van der Waals surface area contributed by atoms with E-state index >= 15 is 0 Å². The van der Waals surface area contributed by atoms with Gasteiger partial charge >= 0.3 is 0 Å². The van der Waals surface area contributed by atoms with Crippen molar-refractivity contribution in [3.63, 3.8) is 0 Å². The number of nitrogens with zero attached hydrogens (tertiary/aromatic N) is 3. The zero-order chi connectivity index (χ0) is 23.4. The van der Waals surface area contributed by atoms with Crippen LogP contribution in [0.3, 0.4) is 0 Å². The van der Waals surface area contributed by atoms with E-state index in [2.05, 4.69) is 15.3 Å². The standard InChI is InChI=1S/C26H28N4O3/c1-18-14-15-24(33-18)25-21(17-30(28-25)19-10-6-5-7-11-19)26(31)27-16-22(29(2)3)20-12-8-9-13-23(20)32-4/h5-15,17,22H,16H2,1-4H3,(H,27,31). The minimum atomic E-state index is -0.219. The molecule has 4 rings (SSSR count). The Hall–Kier alpha value is -3.84. The predicted octanol–water partition coefficient (Wildman–Crippen LogP) is 4.48. The maximum Gasteiger partial charge on any atom is 0.255 e.